The predicted octanol–water partition coefficient (Wildman–Crippen LogP) is 3.75. The lowest BCUT2D eigenvalue weighted by atomic mass is 9.67. The van der Waals surface area contributed by atoms with E-state index in [1.165, 1.54) is 57.9 Å². The van der Waals surface area contributed by atoms with Gasteiger partial charge in [-0.3, -0.25) is 0 Å². The van der Waals surface area contributed by atoms with Crippen molar-refractivity contribution in [1.82, 2.24) is 5.32 Å². The van der Waals surface area contributed by atoms with Gasteiger partial charge in [-0.2, -0.15) is 0 Å². The minimum absolute atomic E-state index is 0.535. The first kappa shape index (κ1) is 14.3. The normalized spacial score (nSPS) is 26.2. The van der Waals surface area contributed by atoms with E-state index in [1.54, 1.807) is 0 Å². The molecule has 0 bridgehead atoms. The molecule has 1 saturated carbocycles. The quantitative estimate of drug-likeness (QED) is 0.770. The molecule has 0 unspecified atom stereocenters. The fourth-order valence-corrected chi connectivity index (χ4v) is 3.81. The Morgan fingerprint density at radius 2 is 1.67 bits per heavy atom. The van der Waals surface area contributed by atoms with Crippen LogP contribution in [0, 0.1) is 11.3 Å². The molecule has 18 heavy (non-hydrogen) atoms. The van der Waals surface area contributed by atoms with Crippen LogP contribution in [0.5, 0.6) is 0 Å². The zero-order chi connectivity index (χ0) is 12.8. The fourth-order valence-electron chi connectivity index (χ4n) is 3.81. The molecular weight excluding hydrogens is 222 g/mol. The number of hydrogen-bond donors (Lipinski definition) is 1. The van der Waals surface area contributed by atoms with Crippen LogP contribution >= 0.6 is 0 Å². The topological polar surface area (TPSA) is 21.3 Å². The minimum atomic E-state index is 0.535. The Morgan fingerprint density at radius 1 is 1.06 bits per heavy atom. The molecule has 1 aliphatic heterocycles. The summed E-state index contributed by atoms with van der Waals surface area (Å²) in [6, 6.07) is 0.607. The average molecular weight is 253 g/mol. The van der Waals surface area contributed by atoms with Gasteiger partial charge in [0.05, 0.1) is 0 Å². The van der Waals surface area contributed by atoms with Crippen molar-refractivity contribution in [3.05, 3.63) is 0 Å². The van der Waals surface area contributed by atoms with E-state index >= 15 is 0 Å². The molecule has 1 N–H and O–H groups in total. The number of ether oxygens (including phenoxy) is 1. The Kier molecular flexibility index (Phi) is 5.50. The van der Waals surface area contributed by atoms with Gasteiger partial charge in [0.2, 0.25) is 0 Å². The first-order chi connectivity index (χ1) is 8.73. The largest absolute Gasteiger partial charge is 0.381 e. The molecule has 0 atom stereocenters. The van der Waals surface area contributed by atoms with E-state index < -0.39 is 0 Å². The summed E-state index contributed by atoms with van der Waals surface area (Å²) in [5.74, 6) is 0.940. The van der Waals surface area contributed by atoms with Gasteiger partial charge in [-0.05, 0) is 37.0 Å². The van der Waals surface area contributed by atoms with Crippen LogP contribution < -0.4 is 5.32 Å². The molecule has 1 heterocycles. The summed E-state index contributed by atoms with van der Waals surface area (Å²) in [6.45, 7) is 7.70. The summed E-state index contributed by atoms with van der Waals surface area (Å²) in [7, 11) is 0. The van der Waals surface area contributed by atoms with E-state index in [1.807, 2.05) is 0 Å². The Labute approximate surface area is 113 Å². The maximum atomic E-state index is 5.63. The van der Waals surface area contributed by atoms with E-state index in [0.29, 0.717) is 11.5 Å². The molecule has 0 spiro atoms. The van der Waals surface area contributed by atoms with Gasteiger partial charge in [0, 0.05) is 25.8 Å². The van der Waals surface area contributed by atoms with Gasteiger partial charge in [0.25, 0.3) is 0 Å². The molecule has 1 aliphatic carbocycles. The Hall–Kier alpha value is -0.0800. The van der Waals surface area contributed by atoms with Gasteiger partial charge >= 0.3 is 0 Å². The van der Waals surface area contributed by atoms with Gasteiger partial charge in [0.1, 0.15) is 0 Å². The molecule has 0 aromatic heterocycles. The standard InChI is InChI=1S/C16H31NO/c1-14(2)17-13-16(9-11-18-12-10-16)15-7-5-3-4-6-8-15/h14-15,17H,3-13H2,1-2H3. The molecule has 1 saturated heterocycles. The van der Waals surface area contributed by atoms with Gasteiger partial charge < -0.3 is 10.1 Å². The van der Waals surface area contributed by atoms with E-state index in [2.05, 4.69) is 19.2 Å². The highest BCUT2D eigenvalue weighted by molar-refractivity contribution is 4.91. The summed E-state index contributed by atoms with van der Waals surface area (Å²) < 4.78 is 5.63. The molecule has 0 amide bonds. The summed E-state index contributed by atoms with van der Waals surface area (Å²) in [6.07, 6.45) is 11.3. The number of rotatable bonds is 4. The molecule has 2 heteroatoms. The van der Waals surface area contributed by atoms with Crippen molar-refractivity contribution in [3.63, 3.8) is 0 Å². The molecule has 2 aliphatic rings. The molecule has 0 radical (unpaired) electrons. The third-order valence-electron chi connectivity index (χ3n) is 5.07. The molecule has 2 fully saturated rings. The number of hydrogen-bond acceptors (Lipinski definition) is 2. The second-order valence-corrected chi connectivity index (χ2v) is 6.70. The zero-order valence-corrected chi connectivity index (χ0v) is 12.3. The van der Waals surface area contributed by atoms with Crippen LogP contribution in [0.3, 0.4) is 0 Å². The highest BCUT2D eigenvalue weighted by atomic mass is 16.5. The molecule has 106 valence electrons. The van der Waals surface area contributed by atoms with E-state index in [0.717, 1.165) is 19.1 Å². The van der Waals surface area contributed by atoms with Crippen molar-refractivity contribution in [3.8, 4) is 0 Å². The van der Waals surface area contributed by atoms with Gasteiger partial charge in [-0.25, -0.2) is 0 Å². The molecule has 0 aromatic carbocycles. The van der Waals surface area contributed by atoms with E-state index in [9.17, 15) is 0 Å². The molecule has 0 aromatic rings. The lowest BCUT2D eigenvalue weighted by Gasteiger charge is -2.44. The Bertz CT molecular complexity index is 225. The predicted molar refractivity (Wildman–Crippen MR) is 76.8 cm³/mol. The van der Waals surface area contributed by atoms with Gasteiger partial charge in [-0.15, -0.1) is 0 Å². The van der Waals surface area contributed by atoms with Crippen molar-refractivity contribution >= 4 is 0 Å². The van der Waals surface area contributed by atoms with Gasteiger partial charge in [-0.1, -0.05) is 39.5 Å². The third-order valence-corrected chi connectivity index (χ3v) is 5.07. The highest BCUT2D eigenvalue weighted by Crippen LogP contribution is 2.44. The summed E-state index contributed by atoms with van der Waals surface area (Å²) in [5.41, 5.74) is 0.535. The van der Waals surface area contributed by atoms with Crippen molar-refractivity contribution in [2.75, 3.05) is 19.8 Å². The highest BCUT2D eigenvalue weighted by Gasteiger charge is 2.39. The second-order valence-electron chi connectivity index (χ2n) is 6.70. The first-order valence-electron chi connectivity index (χ1n) is 8.04. The lowest BCUT2D eigenvalue weighted by molar-refractivity contribution is -0.0233. The Balaban J connectivity index is 2.01. The summed E-state index contributed by atoms with van der Waals surface area (Å²) >= 11 is 0. The van der Waals surface area contributed by atoms with Crippen LogP contribution in [0.25, 0.3) is 0 Å². The van der Waals surface area contributed by atoms with Crippen LogP contribution in [0.15, 0.2) is 0 Å². The monoisotopic (exact) mass is 253 g/mol. The third kappa shape index (κ3) is 3.71. The smallest absolute Gasteiger partial charge is 0.0471 e. The van der Waals surface area contributed by atoms with Crippen LogP contribution in [-0.2, 0) is 4.74 Å². The number of nitrogens with one attached hydrogen (secondary N) is 1. The maximum absolute atomic E-state index is 5.63. The van der Waals surface area contributed by atoms with Crippen molar-refractivity contribution < 1.29 is 4.74 Å². The lowest BCUT2D eigenvalue weighted by Crippen LogP contribution is -2.46. The average Bonchev–Trinajstić information content (AvgIpc) is 2.67. The van der Waals surface area contributed by atoms with E-state index in [-0.39, 0.29) is 0 Å². The summed E-state index contributed by atoms with van der Waals surface area (Å²) in [5, 5.41) is 3.72. The van der Waals surface area contributed by atoms with Crippen LogP contribution in [0.4, 0.5) is 0 Å². The molecule has 2 rings (SSSR count). The van der Waals surface area contributed by atoms with Gasteiger partial charge in [0.15, 0.2) is 0 Å². The minimum Gasteiger partial charge on any atom is -0.381 e. The van der Waals surface area contributed by atoms with Crippen LogP contribution in [-0.4, -0.2) is 25.8 Å². The van der Waals surface area contributed by atoms with Crippen molar-refractivity contribution in [1.29, 1.82) is 0 Å². The van der Waals surface area contributed by atoms with Crippen molar-refractivity contribution in [2.24, 2.45) is 11.3 Å². The fraction of sp³-hybridized carbons (Fsp3) is 1.00. The van der Waals surface area contributed by atoms with Crippen LogP contribution in [0.1, 0.15) is 65.2 Å². The zero-order valence-electron chi connectivity index (χ0n) is 12.3. The maximum Gasteiger partial charge on any atom is 0.0471 e. The van der Waals surface area contributed by atoms with Crippen LogP contribution in [0.2, 0.25) is 0 Å². The SMILES string of the molecule is CC(C)NCC1(C2CCCCCC2)CCOCC1. The summed E-state index contributed by atoms with van der Waals surface area (Å²) in [4.78, 5) is 0. The second kappa shape index (κ2) is 6.91. The first-order valence-corrected chi connectivity index (χ1v) is 8.04. The molecular formula is C16H31NO. The van der Waals surface area contributed by atoms with E-state index in [4.69, 9.17) is 4.74 Å². The molecule has 2 nitrogen and oxygen atoms in total. The van der Waals surface area contributed by atoms with Crippen molar-refractivity contribution in [2.45, 2.75) is 71.3 Å². The Morgan fingerprint density at radius 3 is 2.22 bits per heavy atom.